The molecular weight excluding hydrogens is 328 g/mol. The minimum atomic E-state index is -3.62. The first kappa shape index (κ1) is 14.2. The SMILES string of the molecule is O=S(=O)(Nc1nc2ccc3ccccc3c2s1)c1ccccc1. The van der Waals surface area contributed by atoms with Gasteiger partial charge in [0.1, 0.15) is 0 Å². The van der Waals surface area contributed by atoms with Gasteiger partial charge in [-0.25, -0.2) is 13.4 Å². The average molecular weight is 340 g/mol. The molecule has 6 heteroatoms. The van der Waals surface area contributed by atoms with Gasteiger partial charge in [0.15, 0.2) is 5.13 Å². The van der Waals surface area contributed by atoms with Crippen molar-refractivity contribution in [3.05, 3.63) is 66.7 Å². The first-order chi connectivity index (χ1) is 11.1. The lowest BCUT2D eigenvalue weighted by Crippen LogP contribution is -2.12. The average Bonchev–Trinajstić information content (AvgIpc) is 2.98. The fourth-order valence-electron chi connectivity index (χ4n) is 2.47. The van der Waals surface area contributed by atoms with Gasteiger partial charge in [-0.2, -0.15) is 0 Å². The highest BCUT2D eigenvalue weighted by atomic mass is 32.2. The van der Waals surface area contributed by atoms with E-state index in [4.69, 9.17) is 0 Å². The molecule has 1 heterocycles. The third-order valence-electron chi connectivity index (χ3n) is 3.55. The summed E-state index contributed by atoms with van der Waals surface area (Å²) in [4.78, 5) is 4.63. The summed E-state index contributed by atoms with van der Waals surface area (Å²) in [6, 6.07) is 20.2. The summed E-state index contributed by atoms with van der Waals surface area (Å²) in [6.07, 6.45) is 0. The van der Waals surface area contributed by atoms with E-state index in [1.165, 1.54) is 11.3 Å². The van der Waals surface area contributed by atoms with Gasteiger partial charge < -0.3 is 0 Å². The Kier molecular flexibility index (Phi) is 3.28. The van der Waals surface area contributed by atoms with Crippen LogP contribution >= 0.6 is 11.3 Å². The molecule has 1 N–H and O–H groups in total. The number of nitrogens with zero attached hydrogens (tertiary/aromatic N) is 1. The molecule has 1 aromatic heterocycles. The van der Waals surface area contributed by atoms with Gasteiger partial charge >= 0.3 is 0 Å². The highest BCUT2D eigenvalue weighted by Crippen LogP contribution is 2.33. The molecule has 0 saturated heterocycles. The summed E-state index contributed by atoms with van der Waals surface area (Å²) in [7, 11) is -3.62. The predicted octanol–water partition coefficient (Wildman–Crippen LogP) is 4.25. The number of aromatic nitrogens is 1. The molecule has 114 valence electrons. The molecule has 3 aromatic carbocycles. The monoisotopic (exact) mass is 340 g/mol. The smallest absolute Gasteiger partial charge is 0.255 e. The van der Waals surface area contributed by atoms with Crippen molar-refractivity contribution in [2.45, 2.75) is 4.90 Å². The maximum atomic E-state index is 12.4. The molecule has 4 nitrogen and oxygen atoms in total. The van der Waals surface area contributed by atoms with Gasteiger partial charge in [0.05, 0.1) is 15.1 Å². The Hall–Kier alpha value is -2.44. The number of thiazole rings is 1. The van der Waals surface area contributed by atoms with Crippen LogP contribution in [0.3, 0.4) is 0 Å². The van der Waals surface area contributed by atoms with Gasteiger partial charge in [-0.1, -0.05) is 59.9 Å². The second-order valence-electron chi connectivity index (χ2n) is 5.07. The van der Waals surface area contributed by atoms with Crippen LogP contribution in [0.5, 0.6) is 0 Å². The Bertz CT molecular complexity index is 1100. The van der Waals surface area contributed by atoms with Gasteiger partial charge in [-0.05, 0) is 23.6 Å². The number of hydrogen-bond donors (Lipinski definition) is 1. The summed E-state index contributed by atoms with van der Waals surface area (Å²) in [5.41, 5.74) is 0.791. The number of hydrogen-bond acceptors (Lipinski definition) is 4. The Labute approximate surface area is 137 Å². The first-order valence-corrected chi connectivity index (χ1v) is 9.30. The molecule has 0 spiro atoms. The molecule has 0 bridgehead atoms. The molecular formula is C17H12N2O2S2. The Morgan fingerprint density at radius 1 is 0.870 bits per heavy atom. The van der Waals surface area contributed by atoms with Crippen LogP contribution in [0.25, 0.3) is 21.0 Å². The van der Waals surface area contributed by atoms with E-state index in [-0.39, 0.29) is 4.90 Å². The largest absolute Gasteiger partial charge is 0.263 e. The van der Waals surface area contributed by atoms with Crippen molar-refractivity contribution in [2.24, 2.45) is 0 Å². The molecule has 4 aromatic rings. The Morgan fingerprint density at radius 2 is 1.61 bits per heavy atom. The highest BCUT2D eigenvalue weighted by molar-refractivity contribution is 7.93. The van der Waals surface area contributed by atoms with Crippen molar-refractivity contribution in [1.82, 2.24) is 4.98 Å². The molecule has 0 fully saturated rings. The minimum absolute atomic E-state index is 0.226. The maximum absolute atomic E-state index is 12.4. The van der Waals surface area contributed by atoms with Crippen molar-refractivity contribution in [3.63, 3.8) is 0 Å². The van der Waals surface area contributed by atoms with E-state index in [0.29, 0.717) is 5.13 Å². The third kappa shape index (κ3) is 2.56. The zero-order valence-corrected chi connectivity index (χ0v) is 13.6. The van der Waals surface area contributed by atoms with Gasteiger partial charge in [0.2, 0.25) is 0 Å². The van der Waals surface area contributed by atoms with E-state index in [9.17, 15) is 8.42 Å². The molecule has 4 rings (SSSR count). The Balaban J connectivity index is 1.80. The molecule has 0 atom stereocenters. The fourth-order valence-corrected chi connectivity index (χ4v) is 4.73. The van der Waals surface area contributed by atoms with Crippen LogP contribution in [0.2, 0.25) is 0 Å². The van der Waals surface area contributed by atoms with E-state index in [0.717, 1.165) is 21.0 Å². The standard InChI is InChI=1S/C17H12N2O2S2/c20-23(21,13-7-2-1-3-8-13)19-17-18-15-11-10-12-6-4-5-9-14(12)16(15)22-17/h1-11H,(H,18,19). The summed E-state index contributed by atoms with van der Waals surface area (Å²) in [5, 5.41) is 2.56. The second-order valence-corrected chi connectivity index (χ2v) is 7.75. The quantitative estimate of drug-likeness (QED) is 0.606. The summed E-state index contributed by atoms with van der Waals surface area (Å²) < 4.78 is 28.3. The summed E-state index contributed by atoms with van der Waals surface area (Å²) in [6.45, 7) is 0. The van der Waals surface area contributed by atoms with Crippen molar-refractivity contribution >= 4 is 47.5 Å². The minimum Gasteiger partial charge on any atom is -0.255 e. The van der Waals surface area contributed by atoms with Crippen molar-refractivity contribution in [3.8, 4) is 0 Å². The highest BCUT2D eigenvalue weighted by Gasteiger charge is 2.16. The zero-order chi connectivity index (χ0) is 15.9. The zero-order valence-electron chi connectivity index (χ0n) is 11.9. The lowest BCUT2D eigenvalue weighted by Gasteiger charge is -2.03. The van der Waals surface area contributed by atoms with Crippen LogP contribution in [0.15, 0.2) is 71.6 Å². The lowest BCUT2D eigenvalue weighted by molar-refractivity contribution is 0.601. The van der Waals surface area contributed by atoms with Crippen molar-refractivity contribution < 1.29 is 8.42 Å². The maximum Gasteiger partial charge on any atom is 0.263 e. The second kappa shape index (κ2) is 5.33. The van der Waals surface area contributed by atoms with E-state index in [1.807, 2.05) is 36.4 Å². The molecule has 23 heavy (non-hydrogen) atoms. The number of anilines is 1. The predicted molar refractivity (Wildman–Crippen MR) is 94.4 cm³/mol. The van der Waals surface area contributed by atoms with E-state index < -0.39 is 10.0 Å². The van der Waals surface area contributed by atoms with Crippen LogP contribution in [-0.4, -0.2) is 13.4 Å². The first-order valence-electron chi connectivity index (χ1n) is 7.00. The van der Waals surface area contributed by atoms with Crippen LogP contribution in [0, 0.1) is 0 Å². The summed E-state index contributed by atoms with van der Waals surface area (Å²) >= 11 is 1.35. The fraction of sp³-hybridized carbons (Fsp3) is 0. The van der Waals surface area contributed by atoms with Crippen LogP contribution in [0.1, 0.15) is 0 Å². The molecule has 0 aliphatic carbocycles. The van der Waals surface area contributed by atoms with Crippen LogP contribution < -0.4 is 4.72 Å². The number of nitrogens with one attached hydrogen (secondary N) is 1. The summed E-state index contributed by atoms with van der Waals surface area (Å²) in [5.74, 6) is 0. The van der Waals surface area contributed by atoms with E-state index in [2.05, 4.69) is 9.71 Å². The van der Waals surface area contributed by atoms with Gasteiger partial charge in [0, 0.05) is 5.39 Å². The number of benzene rings is 3. The Morgan fingerprint density at radius 3 is 2.43 bits per heavy atom. The third-order valence-corrected chi connectivity index (χ3v) is 6.06. The van der Waals surface area contributed by atoms with Gasteiger partial charge in [0.25, 0.3) is 10.0 Å². The molecule has 0 saturated carbocycles. The van der Waals surface area contributed by atoms with Crippen LogP contribution in [0.4, 0.5) is 5.13 Å². The van der Waals surface area contributed by atoms with Crippen LogP contribution in [-0.2, 0) is 10.0 Å². The molecule has 0 aliphatic rings. The molecule has 0 unspecified atom stereocenters. The number of fused-ring (bicyclic) bond motifs is 3. The molecule has 0 radical (unpaired) electrons. The van der Waals surface area contributed by atoms with E-state index in [1.54, 1.807) is 30.3 Å². The molecule has 0 aliphatic heterocycles. The molecule has 0 amide bonds. The van der Waals surface area contributed by atoms with Gasteiger partial charge in [-0.15, -0.1) is 0 Å². The van der Waals surface area contributed by atoms with Crippen molar-refractivity contribution in [1.29, 1.82) is 0 Å². The lowest BCUT2D eigenvalue weighted by atomic mass is 10.1. The topological polar surface area (TPSA) is 59.1 Å². The normalized spacial score (nSPS) is 11.8. The number of sulfonamides is 1. The van der Waals surface area contributed by atoms with Gasteiger partial charge in [-0.3, -0.25) is 4.72 Å². The van der Waals surface area contributed by atoms with Crippen molar-refractivity contribution in [2.75, 3.05) is 4.72 Å². The van der Waals surface area contributed by atoms with E-state index >= 15 is 0 Å². The number of rotatable bonds is 3.